The number of aromatic nitrogens is 5. The average Bonchev–Trinajstić information content (AvgIpc) is 2.99. The highest BCUT2D eigenvalue weighted by atomic mass is 15.4. The first kappa shape index (κ1) is 25.0. The number of hydrogen-bond donors (Lipinski definition) is 1. The van der Waals surface area contributed by atoms with Crippen molar-refractivity contribution in [2.45, 2.75) is 26.2 Å². The lowest BCUT2D eigenvalue weighted by molar-refractivity contribution is 0.447. The van der Waals surface area contributed by atoms with Gasteiger partial charge in [0.1, 0.15) is 6.33 Å². The summed E-state index contributed by atoms with van der Waals surface area (Å²) in [6.07, 6.45) is 8.87. The van der Waals surface area contributed by atoms with Gasteiger partial charge >= 0.3 is 0 Å². The van der Waals surface area contributed by atoms with Gasteiger partial charge in [-0.3, -0.25) is 0 Å². The third-order valence-corrected chi connectivity index (χ3v) is 7.49. The van der Waals surface area contributed by atoms with E-state index in [2.05, 4.69) is 95.4 Å². The monoisotopic (exact) mass is 521 g/mol. The summed E-state index contributed by atoms with van der Waals surface area (Å²) in [5.74, 6) is 2.76. The van der Waals surface area contributed by atoms with Gasteiger partial charge in [0, 0.05) is 69.5 Å². The molecule has 0 aliphatic carbocycles. The van der Waals surface area contributed by atoms with E-state index in [1.54, 1.807) is 6.33 Å². The lowest BCUT2D eigenvalue weighted by Gasteiger charge is -2.34. The molecule has 1 atom stereocenters. The van der Waals surface area contributed by atoms with E-state index in [9.17, 15) is 0 Å². The lowest BCUT2D eigenvalue weighted by atomic mass is 10.00. The Hall–Kier alpha value is -4.27. The van der Waals surface area contributed by atoms with Gasteiger partial charge < -0.3 is 20.0 Å². The van der Waals surface area contributed by atoms with Crippen molar-refractivity contribution >= 4 is 29.2 Å². The summed E-state index contributed by atoms with van der Waals surface area (Å²) in [5, 5.41) is 3.34. The first-order valence-corrected chi connectivity index (χ1v) is 13.9. The topological polar surface area (TPSA) is 86.2 Å². The predicted octanol–water partition coefficient (Wildman–Crippen LogP) is 4.56. The highest BCUT2D eigenvalue weighted by Crippen LogP contribution is 2.25. The zero-order chi connectivity index (χ0) is 26.4. The maximum Gasteiger partial charge on any atom is 0.231 e. The van der Waals surface area contributed by atoms with Crippen LogP contribution in [0.3, 0.4) is 0 Å². The molecule has 0 radical (unpaired) electrons. The molecule has 0 bridgehead atoms. The molecule has 6 rings (SSSR count). The van der Waals surface area contributed by atoms with Crippen LogP contribution >= 0.6 is 0 Å². The van der Waals surface area contributed by atoms with Gasteiger partial charge in [-0.2, -0.15) is 4.98 Å². The number of rotatable bonds is 7. The van der Waals surface area contributed by atoms with Crippen LogP contribution in [-0.2, 0) is 6.42 Å². The van der Waals surface area contributed by atoms with Crippen LogP contribution in [0.15, 0.2) is 73.3 Å². The van der Waals surface area contributed by atoms with Gasteiger partial charge in [-0.15, -0.1) is 0 Å². The molecule has 2 aromatic heterocycles. The minimum absolute atomic E-state index is 0.555. The van der Waals surface area contributed by atoms with Crippen LogP contribution < -0.4 is 20.0 Å². The number of benzene rings is 2. The summed E-state index contributed by atoms with van der Waals surface area (Å²) in [4.78, 5) is 29.6. The highest BCUT2D eigenvalue weighted by Gasteiger charge is 2.21. The van der Waals surface area contributed by atoms with Crippen molar-refractivity contribution in [1.29, 1.82) is 0 Å². The molecule has 0 spiro atoms. The van der Waals surface area contributed by atoms with Crippen LogP contribution in [0.4, 0.5) is 29.2 Å². The van der Waals surface area contributed by atoms with E-state index >= 15 is 0 Å². The van der Waals surface area contributed by atoms with Crippen LogP contribution in [0.2, 0.25) is 0 Å². The molecule has 2 aliphatic rings. The summed E-state index contributed by atoms with van der Waals surface area (Å²) in [6, 6.07) is 19.0. The first-order chi connectivity index (χ1) is 19.2. The van der Waals surface area contributed by atoms with Gasteiger partial charge in [-0.05, 0) is 54.2 Å². The van der Waals surface area contributed by atoms with E-state index in [4.69, 9.17) is 4.98 Å². The Morgan fingerprint density at radius 1 is 0.744 bits per heavy atom. The van der Waals surface area contributed by atoms with Crippen LogP contribution in [0, 0.1) is 5.92 Å². The van der Waals surface area contributed by atoms with Crippen molar-refractivity contribution in [1.82, 2.24) is 24.9 Å². The molecule has 2 aromatic carbocycles. The van der Waals surface area contributed by atoms with Gasteiger partial charge in [0.2, 0.25) is 17.8 Å². The zero-order valence-corrected chi connectivity index (χ0v) is 22.4. The third kappa shape index (κ3) is 6.25. The smallest absolute Gasteiger partial charge is 0.231 e. The van der Waals surface area contributed by atoms with E-state index in [1.165, 1.54) is 24.1 Å². The number of nitrogens with zero attached hydrogens (tertiary/aromatic N) is 8. The fraction of sp³-hybridized carbons (Fsp3) is 0.367. The molecule has 200 valence electrons. The quantitative estimate of drug-likeness (QED) is 0.376. The summed E-state index contributed by atoms with van der Waals surface area (Å²) in [5.41, 5.74) is 4.62. The van der Waals surface area contributed by atoms with Crippen molar-refractivity contribution in [2.75, 3.05) is 59.3 Å². The van der Waals surface area contributed by atoms with Gasteiger partial charge in [0.05, 0.1) is 0 Å². The second kappa shape index (κ2) is 11.6. The van der Waals surface area contributed by atoms with Crippen molar-refractivity contribution < 1.29 is 0 Å². The van der Waals surface area contributed by atoms with Crippen molar-refractivity contribution in [2.24, 2.45) is 5.92 Å². The second-order valence-corrected chi connectivity index (χ2v) is 10.5. The van der Waals surface area contributed by atoms with Crippen LogP contribution in [0.25, 0.3) is 0 Å². The maximum atomic E-state index is 4.70. The minimum Gasteiger partial charge on any atom is -0.371 e. The lowest BCUT2D eigenvalue weighted by Crippen LogP contribution is -2.47. The van der Waals surface area contributed by atoms with Crippen LogP contribution in [-0.4, -0.2) is 64.2 Å². The Morgan fingerprint density at radius 2 is 1.46 bits per heavy atom. The Morgan fingerprint density at radius 3 is 2.18 bits per heavy atom. The molecular weight excluding hydrogens is 486 g/mol. The number of nitrogens with one attached hydrogen (secondary N) is 1. The summed E-state index contributed by atoms with van der Waals surface area (Å²) in [7, 11) is 0. The van der Waals surface area contributed by atoms with Crippen molar-refractivity contribution in [3.63, 3.8) is 0 Å². The van der Waals surface area contributed by atoms with Crippen LogP contribution in [0.1, 0.15) is 30.9 Å². The fourth-order valence-electron chi connectivity index (χ4n) is 5.35. The molecule has 1 N–H and O–H groups in total. The van der Waals surface area contributed by atoms with E-state index in [1.807, 2.05) is 18.5 Å². The predicted molar refractivity (Wildman–Crippen MR) is 156 cm³/mol. The molecule has 39 heavy (non-hydrogen) atoms. The van der Waals surface area contributed by atoms with Gasteiger partial charge in [-0.1, -0.05) is 37.3 Å². The minimum atomic E-state index is 0.555. The van der Waals surface area contributed by atoms with Crippen molar-refractivity contribution in [3.05, 3.63) is 84.4 Å². The second-order valence-electron chi connectivity index (χ2n) is 10.5. The highest BCUT2D eigenvalue weighted by molar-refractivity contribution is 5.60. The molecule has 2 aliphatic heterocycles. The molecule has 1 unspecified atom stereocenters. The Bertz CT molecular complexity index is 1340. The fourth-order valence-corrected chi connectivity index (χ4v) is 5.35. The molecular formula is C30H35N9. The number of piperazine rings is 1. The SMILES string of the molecule is CC1CCCN(c2ccc(Nc3ncnc(N4CCN(c5ncc(Cc6ccccc6)cn5)CC4)n3)cc2)C1. The number of hydrogen-bond acceptors (Lipinski definition) is 9. The van der Waals surface area contributed by atoms with E-state index in [0.29, 0.717) is 11.9 Å². The summed E-state index contributed by atoms with van der Waals surface area (Å²) < 4.78 is 0. The number of piperidine rings is 1. The average molecular weight is 522 g/mol. The molecule has 9 heteroatoms. The van der Waals surface area contributed by atoms with Gasteiger partial charge in [-0.25, -0.2) is 19.9 Å². The molecule has 2 saturated heterocycles. The van der Waals surface area contributed by atoms with Gasteiger partial charge in [0.15, 0.2) is 0 Å². The van der Waals surface area contributed by atoms with E-state index in [0.717, 1.165) is 68.8 Å². The Kier molecular flexibility index (Phi) is 7.47. The Labute approximate surface area is 230 Å². The normalized spacial score (nSPS) is 17.8. The Balaban J connectivity index is 1.03. The first-order valence-electron chi connectivity index (χ1n) is 13.9. The molecule has 2 fully saturated rings. The number of anilines is 5. The summed E-state index contributed by atoms with van der Waals surface area (Å²) in [6.45, 7) is 7.79. The zero-order valence-electron chi connectivity index (χ0n) is 22.4. The van der Waals surface area contributed by atoms with Gasteiger partial charge in [0.25, 0.3) is 0 Å². The van der Waals surface area contributed by atoms with Crippen molar-refractivity contribution in [3.8, 4) is 0 Å². The van der Waals surface area contributed by atoms with E-state index in [-0.39, 0.29) is 0 Å². The van der Waals surface area contributed by atoms with E-state index < -0.39 is 0 Å². The molecule has 4 aromatic rings. The largest absolute Gasteiger partial charge is 0.371 e. The molecule has 0 saturated carbocycles. The molecule has 9 nitrogen and oxygen atoms in total. The van der Waals surface area contributed by atoms with Crippen LogP contribution in [0.5, 0.6) is 0 Å². The third-order valence-electron chi connectivity index (χ3n) is 7.49. The standard InChI is InChI=1S/C30H35N9/c1-23-6-5-13-39(21-23)27-11-9-26(10-12-27)35-28-33-22-34-30(36-28)38-16-14-37(15-17-38)29-31-19-25(20-32-29)18-24-7-3-2-4-8-24/h2-4,7-12,19-20,22-23H,5-6,13-18,21H2,1H3,(H,33,34,35,36). The summed E-state index contributed by atoms with van der Waals surface area (Å²) >= 11 is 0. The molecule has 0 amide bonds. The molecule has 4 heterocycles. The maximum absolute atomic E-state index is 4.70.